The first-order valence-corrected chi connectivity index (χ1v) is 15.5. The van der Waals surface area contributed by atoms with Gasteiger partial charge in [-0.3, -0.25) is 19.1 Å². The van der Waals surface area contributed by atoms with Gasteiger partial charge in [-0.15, -0.1) is 5.06 Å². The van der Waals surface area contributed by atoms with E-state index in [4.69, 9.17) is 9.57 Å². The van der Waals surface area contributed by atoms with Crippen molar-refractivity contribution in [3.63, 3.8) is 0 Å². The summed E-state index contributed by atoms with van der Waals surface area (Å²) in [6.07, 6.45) is -1.50. The van der Waals surface area contributed by atoms with Crippen molar-refractivity contribution in [2.45, 2.75) is 30.7 Å². The van der Waals surface area contributed by atoms with Crippen molar-refractivity contribution in [3.8, 4) is 11.4 Å². The third-order valence-electron chi connectivity index (χ3n) is 6.55. The number of amides is 2. The third-order valence-corrected chi connectivity index (χ3v) is 7.92. The number of carbonyl (C=O) groups excluding carboxylic acids is 3. The zero-order valence-corrected chi connectivity index (χ0v) is 25.1. The number of hydroxylamine groups is 2. The minimum Gasteiger partial charge on any atom is -0.481 e. The van der Waals surface area contributed by atoms with Gasteiger partial charge in [0.25, 0.3) is 15.9 Å². The van der Waals surface area contributed by atoms with Crippen LogP contribution < -0.4 is 10.0 Å². The van der Waals surface area contributed by atoms with Crippen molar-refractivity contribution >= 4 is 39.8 Å². The molecule has 0 radical (unpaired) electrons. The van der Waals surface area contributed by atoms with Crippen LogP contribution in [0.15, 0.2) is 71.6 Å². The Hall–Kier alpha value is -5.09. The first-order valence-electron chi connectivity index (χ1n) is 14.0. The summed E-state index contributed by atoms with van der Waals surface area (Å²) in [5.41, 5.74) is 0.240. The number of aliphatic carboxylic acids is 1. The fourth-order valence-electron chi connectivity index (χ4n) is 4.36. The van der Waals surface area contributed by atoms with E-state index in [1.54, 1.807) is 55.5 Å². The Kier molecular flexibility index (Phi) is 11.0. The van der Waals surface area contributed by atoms with Crippen LogP contribution in [0.5, 0.6) is 0 Å². The fraction of sp³-hybridized carbons (Fsp3) is 0.310. The maximum absolute atomic E-state index is 13.5. The standard InChI is InChI=1S/C29H32N6O9S/c1-2-43-29(40)44-35-17-15-34(16-18-35)28(39)22(13-14-25(36)37)31-27(38)23-19-24(32-26(30-23)20-9-5-3-6-10-20)33-45(41,42)21-11-7-4-8-12-21/h3-12,19,22H,2,13-18H2,1H3,(H,31,38)(H,36,37)(H,30,32,33)/t22-/m0/s1. The van der Waals surface area contributed by atoms with Crippen molar-refractivity contribution in [1.82, 2.24) is 25.2 Å². The smallest absolute Gasteiger partial charge is 0.481 e. The highest BCUT2D eigenvalue weighted by molar-refractivity contribution is 7.92. The van der Waals surface area contributed by atoms with Gasteiger partial charge in [0.05, 0.1) is 24.6 Å². The van der Waals surface area contributed by atoms with Gasteiger partial charge in [-0.25, -0.2) is 23.2 Å². The van der Waals surface area contributed by atoms with E-state index < -0.39 is 46.4 Å². The van der Waals surface area contributed by atoms with Gasteiger partial charge in [0.1, 0.15) is 17.6 Å². The number of piperazine rings is 1. The van der Waals surface area contributed by atoms with Gasteiger partial charge in [0.15, 0.2) is 5.82 Å². The molecule has 2 amide bonds. The van der Waals surface area contributed by atoms with Gasteiger partial charge in [-0.2, -0.15) is 0 Å². The lowest BCUT2D eigenvalue weighted by atomic mass is 10.1. The normalized spacial score (nSPS) is 14.2. The highest BCUT2D eigenvalue weighted by atomic mass is 32.2. The summed E-state index contributed by atoms with van der Waals surface area (Å²) in [6.45, 7) is 2.38. The van der Waals surface area contributed by atoms with Crippen LogP contribution in [0, 0.1) is 0 Å². The molecule has 238 valence electrons. The Balaban J connectivity index is 1.56. The molecule has 1 aliphatic heterocycles. The second-order valence-electron chi connectivity index (χ2n) is 9.73. The van der Waals surface area contributed by atoms with Gasteiger partial charge in [-0.1, -0.05) is 48.5 Å². The molecule has 2 heterocycles. The van der Waals surface area contributed by atoms with E-state index in [0.717, 1.165) is 6.07 Å². The molecule has 3 N–H and O–H groups in total. The molecule has 2 aromatic carbocycles. The number of ether oxygens (including phenoxy) is 1. The molecule has 1 atom stereocenters. The first kappa shape index (κ1) is 32.8. The van der Waals surface area contributed by atoms with Crippen LogP contribution in [0.1, 0.15) is 30.3 Å². The van der Waals surface area contributed by atoms with Crippen LogP contribution in [0.3, 0.4) is 0 Å². The highest BCUT2D eigenvalue weighted by Gasteiger charge is 2.31. The molecule has 0 spiro atoms. The monoisotopic (exact) mass is 640 g/mol. The summed E-state index contributed by atoms with van der Waals surface area (Å²) in [5, 5.41) is 13.2. The van der Waals surface area contributed by atoms with Crippen LogP contribution >= 0.6 is 0 Å². The SMILES string of the molecule is CCOC(=O)ON1CCN(C(=O)[C@H](CCC(=O)O)NC(=O)c2cc(NS(=O)(=O)c3ccccc3)nc(-c3ccccc3)n2)CC1. The van der Waals surface area contributed by atoms with Crippen LogP contribution in [0.2, 0.25) is 0 Å². The third kappa shape index (κ3) is 9.20. The van der Waals surface area contributed by atoms with E-state index >= 15 is 0 Å². The minimum atomic E-state index is -4.08. The number of carbonyl (C=O) groups is 4. The molecule has 4 rings (SSSR count). The summed E-state index contributed by atoms with van der Waals surface area (Å²) in [5.74, 6) is -2.70. The average Bonchev–Trinajstić information content (AvgIpc) is 3.03. The number of nitrogens with one attached hydrogen (secondary N) is 2. The van der Waals surface area contributed by atoms with Gasteiger partial charge in [0.2, 0.25) is 5.91 Å². The molecule has 1 fully saturated rings. The number of nitrogens with zero attached hydrogens (tertiary/aromatic N) is 4. The van der Waals surface area contributed by atoms with E-state index in [1.807, 2.05) is 0 Å². The van der Waals surface area contributed by atoms with Gasteiger partial charge in [0, 0.05) is 31.1 Å². The van der Waals surface area contributed by atoms with Crippen molar-refractivity contribution < 1.29 is 42.3 Å². The molecule has 45 heavy (non-hydrogen) atoms. The van der Waals surface area contributed by atoms with Crippen LogP contribution in [0.25, 0.3) is 11.4 Å². The molecule has 1 aromatic heterocycles. The second-order valence-corrected chi connectivity index (χ2v) is 11.4. The molecule has 15 nitrogen and oxygen atoms in total. The molecular formula is C29H32N6O9S. The van der Waals surface area contributed by atoms with Crippen molar-refractivity contribution in [2.75, 3.05) is 37.5 Å². The molecule has 16 heteroatoms. The number of hydrogen-bond acceptors (Lipinski definition) is 11. The average molecular weight is 641 g/mol. The number of rotatable bonds is 12. The van der Waals surface area contributed by atoms with E-state index in [2.05, 4.69) is 20.0 Å². The number of benzene rings is 2. The van der Waals surface area contributed by atoms with E-state index in [1.165, 1.54) is 22.1 Å². The summed E-state index contributed by atoms with van der Waals surface area (Å²) in [6, 6.07) is 16.0. The number of carboxylic acid groups (broad SMARTS) is 1. The maximum Gasteiger partial charge on any atom is 0.527 e. The Bertz CT molecular complexity index is 1620. The Morgan fingerprint density at radius 1 is 0.956 bits per heavy atom. The Morgan fingerprint density at radius 3 is 2.22 bits per heavy atom. The molecule has 1 saturated heterocycles. The lowest BCUT2D eigenvalue weighted by Crippen LogP contribution is -2.55. The molecular weight excluding hydrogens is 608 g/mol. The van der Waals surface area contributed by atoms with Crippen LogP contribution in [-0.2, 0) is 29.2 Å². The highest BCUT2D eigenvalue weighted by Crippen LogP contribution is 2.21. The summed E-state index contributed by atoms with van der Waals surface area (Å²) >= 11 is 0. The number of hydrogen-bond donors (Lipinski definition) is 3. The number of carboxylic acids is 1. The lowest BCUT2D eigenvalue weighted by molar-refractivity contribution is -0.157. The number of anilines is 1. The van der Waals surface area contributed by atoms with Crippen molar-refractivity contribution in [3.05, 3.63) is 72.4 Å². The molecule has 0 unspecified atom stereocenters. The van der Waals surface area contributed by atoms with Crippen LogP contribution in [0.4, 0.5) is 10.6 Å². The maximum atomic E-state index is 13.5. The predicted octanol–water partition coefficient (Wildman–Crippen LogP) is 2.14. The number of aromatic nitrogens is 2. The minimum absolute atomic E-state index is 0.0250. The molecule has 0 saturated carbocycles. The molecule has 0 aliphatic carbocycles. The fourth-order valence-corrected chi connectivity index (χ4v) is 5.37. The molecule has 3 aromatic rings. The van der Waals surface area contributed by atoms with Crippen LogP contribution in [-0.4, -0.2) is 96.2 Å². The quantitative estimate of drug-likeness (QED) is 0.244. The topological polar surface area (TPSA) is 197 Å². The second kappa shape index (κ2) is 15.1. The van der Waals surface area contributed by atoms with Gasteiger partial charge >= 0.3 is 12.1 Å². The van der Waals surface area contributed by atoms with Crippen molar-refractivity contribution in [1.29, 1.82) is 0 Å². The lowest BCUT2D eigenvalue weighted by Gasteiger charge is -2.35. The zero-order valence-electron chi connectivity index (χ0n) is 24.3. The Labute approximate surface area is 259 Å². The largest absolute Gasteiger partial charge is 0.527 e. The molecule has 0 bridgehead atoms. The molecule has 1 aliphatic rings. The van der Waals surface area contributed by atoms with E-state index in [0.29, 0.717) is 5.56 Å². The first-order chi connectivity index (χ1) is 21.6. The zero-order chi connectivity index (χ0) is 32.4. The van der Waals surface area contributed by atoms with Gasteiger partial charge in [-0.05, 0) is 25.5 Å². The summed E-state index contributed by atoms with van der Waals surface area (Å²) in [4.78, 5) is 65.0. The summed E-state index contributed by atoms with van der Waals surface area (Å²) in [7, 11) is -4.08. The van der Waals surface area contributed by atoms with E-state index in [-0.39, 0.29) is 61.4 Å². The van der Waals surface area contributed by atoms with Crippen molar-refractivity contribution in [2.24, 2.45) is 0 Å². The predicted molar refractivity (Wildman–Crippen MR) is 159 cm³/mol. The van der Waals surface area contributed by atoms with Gasteiger partial charge < -0.3 is 24.9 Å². The Morgan fingerprint density at radius 2 is 1.60 bits per heavy atom. The number of sulfonamides is 1. The van der Waals surface area contributed by atoms with E-state index in [9.17, 15) is 32.7 Å². The summed E-state index contributed by atoms with van der Waals surface area (Å²) < 4.78 is 33.2.